The molecule has 0 fully saturated rings. The number of nitrogens with one attached hydrogen (secondary N) is 2. The Balaban J connectivity index is 1.21. The molecule has 0 amide bonds. The molecule has 0 spiro atoms. The highest BCUT2D eigenvalue weighted by atomic mass is 32.2. The Morgan fingerprint density at radius 2 is 1.86 bits per heavy atom. The number of ether oxygens (including phenoxy) is 1. The number of benzene rings is 2. The molecule has 0 aliphatic rings. The van der Waals surface area contributed by atoms with Gasteiger partial charge in [-0.25, -0.2) is 23.4 Å². The fourth-order valence-electron chi connectivity index (χ4n) is 4.67. The Hall–Kier alpha value is -4.88. The van der Waals surface area contributed by atoms with E-state index in [1.54, 1.807) is 29.4 Å². The molecule has 12 nitrogen and oxygen atoms in total. The third kappa shape index (κ3) is 5.92. The van der Waals surface area contributed by atoms with Crippen molar-refractivity contribution in [3.63, 3.8) is 0 Å². The van der Waals surface area contributed by atoms with E-state index in [9.17, 15) is 8.42 Å². The average molecular weight is 584 g/mol. The summed E-state index contributed by atoms with van der Waals surface area (Å²) in [6.45, 7) is 2.94. The third-order valence-electron chi connectivity index (χ3n) is 6.93. The second kappa shape index (κ2) is 11.2. The summed E-state index contributed by atoms with van der Waals surface area (Å²) in [5.41, 5.74) is 6.34. The van der Waals surface area contributed by atoms with Crippen LogP contribution < -0.4 is 15.4 Å². The second-order valence-electron chi connectivity index (χ2n) is 10.1. The van der Waals surface area contributed by atoms with Crippen molar-refractivity contribution in [2.45, 2.75) is 13.5 Å². The quantitative estimate of drug-likeness (QED) is 0.227. The van der Waals surface area contributed by atoms with Crippen molar-refractivity contribution in [1.82, 2.24) is 39.4 Å². The number of aromatic nitrogens is 7. The molecule has 0 saturated carbocycles. The Morgan fingerprint density at radius 3 is 2.69 bits per heavy atom. The topological polar surface area (TPSA) is 141 Å². The van der Waals surface area contributed by atoms with Gasteiger partial charge in [0.2, 0.25) is 5.88 Å². The molecule has 2 N–H and O–H groups in total. The first-order valence-corrected chi connectivity index (χ1v) is 15.3. The average Bonchev–Trinajstić information content (AvgIpc) is 3.58. The summed E-state index contributed by atoms with van der Waals surface area (Å²) in [6.07, 6.45) is 5.98. The summed E-state index contributed by atoms with van der Waals surface area (Å²) in [5.74, 6) is 1.90. The lowest BCUT2D eigenvalue weighted by Crippen LogP contribution is -2.22. The first-order chi connectivity index (χ1) is 20.2. The molecule has 6 rings (SSSR count). The molecule has 0 aliphatic heterocycles. The molecule has 6 aromatic rings. The molecule has 2 aromatic carbocycles. The largest absolute Gasteiger partial charge is 0.439 e. The zero-order valence-corrected chi connectivity index (χ0v) is 24.1. The van der Waals surface area contributed by atoms with Crippen LogP contribution in [0.25, 0.3) is 27.8 Å². The minimum absolute atomic E-state index is 0.109. The predicted octanol–water partition coefficient (Wildman–Crippen LogP) is 4.05. The van der Waals surface area contributed by atoms with E-state index in [1.807, 2.05) is 50.4 Å². The lowest BCUT2D eigenvalue weighted by molar-refractivity contribution is 0.458. The van der Waals surface area contributed by atoms with E-state index in [0.717, 1.165) is 39.1 Å². The van der Waals surface area contributed by atoms with Gasteiger partial charge >= 0.3 is 0 Å². The number of fused-ring (bicyclic) bond motifs is 2. The van der Waals surface area contributed by atoms with Crippen LogP contribution >= 0.6 is 0 Å². The van der Waals surface area contributed by atoms with E-state index in [1.165, 1.54) is 6.26 Å². The molecule has 0 atom stereocenters. The number of aryl methyl sites for hydroxylation is 1. The molecule has 13 heteroatoms. The van der Waals surface area contributed by atoms with Crippen LogP contribution in [0.15, 0.2) is 73.6 Å². The van der Waals surface area contributed by atoms with E-state index in [2.05, 4.69) is 52.5 Å². The summed E-state index contributed by atoms with van der Waals surface area (Å²) < 4.78 is 32.6. The zero-order chi connectivity index (χ0) is 29.3. The minimum atomic E-state index is -3.00. The third-order valence-corrected chi connectivity index (χ3v) is 7.87. The molecule has 0 radical (unpaired) electrons. The maximum absolute atomic E-state index is 11.4. The van der Waals surface area contributed by atoms with Crippen molar-refractivity contribution in [3.05, 3.63) is 84.8 Å². The van der Waals surface area contributed by atoms with Crippen LogP contribution in [0.4, 0.5) is 11.5 Å². The van der Waals surface area contributed by atoms with E-state index in [-0.39, 0.29) is 5.75 Å². The SMILES string of the molecule is Cc1cc(Nc2ncnc3ccc(-c4ccc(CNCCS(C)(=O)=O)n4C)cc23)ccc1Oc1cc2nncn2cn1. The van der Waals surface area contributed by atoms with Gasteiger partial charge in [-0.2, -0.15) is 0 Å². The number of hydrogen-bond acceptors (Lipinski definition) is 10. The van der Waals surface area contributed by atoms with Gasteiger partial charge < -0.3 is 19.9 Å². The maximum Gasteiger partial charge on any atom is 0.224 e. The Labute approximate surface area is 242 Å². The molecule has 0 aliphatic carbocycles. The fourth-order valence-corrected chi connectivity index (χ4v) is 5.18. The summed E-state index contributed by atoms with van der Waals surface area (Å²) in [7, 11) is -0.997. The molecule has 214 valence electrons. The molecule has 4 heterocycles. The second-order valence-corrected chi connectivity index (χ2v) is 12.3. The van der Waals surface area contributed by atoms with E-state index in [0.29, 0.717) is 36.2 Å². The summed E-state index contributed by atoms with van der Waals surface area (Å²) in [4.78, 5) is 13.3. The first kappa shape index (κ1) is 27.3. The maximum atomic E-state index is 11.4. The molecule has 0 saturated heterocycles. The molecular formula is C29H29N9O3S. The van der Waals surface area contributed by atoms with Crippen LogP contribution in [0.3, 0.4) is 0 Å². The van der Waals surface area contributed by atoms with Gasteiger partial charge in [0.15, 0.2) is 5.65 Å². The lowest BCUT2D eigenvalue weighted by Gasteiger charge is -2.13. The van der Waals surface area contributed by atoms with Gasteiger partial charge in [-0.3, -0.25) is 4.40 Å². The normalized spacial score (nSPS) is 11.8. The zero-order valence-electron chi connectivity index (χ0n) is 23.3. The van der Waals surface area contributed by atoms with Gasteiger partial charge in [-0.1, -0.05) is 6.07 Å². The van der Waals surface area contributed by atoms with E-state index < -0.39 is 9.84 Å². The summed E-state index contributed by atoms with van der Waals surface area (Å²) in [5, 5.41) is 15.4. The summed E-state index contributed by atoms with van der Waals surface area (Å²) >= 11 is 0. The van der Waals surface area contributed by atoms with Gasteiger partial charge in [-0.05, 0) is 60.5 Å². The predicted molar refractivity (Wildman–Crippen MR) is 161 cm³/mol. The fraction of sp³-hybridized carbons (Fsp3) is 0.207. The number of anilines is 2. The van der Waals surface area contributed by atoms with Gasteiger partial charge in [0.05, 0.1) is 11.3 Å². The monoisotopic (exact) mass is 583 g/mol. The minimum Gasteiger partial charge on any atom is -0.439 e. The van der Waals surface area contributed by atoms with Crippen molar-refractivity contribution in [3.8, 4) is 22.9 Å². The number of hydrogen-bond donors (Lipinski definition) is 2. The van der Waals surface area contributed by atoms with Crippen LogP contribution in [0.1, 0.15) is 11.3 Å². The van der Waals surface area contributed by atoms with E-state index >= 15 is 0 Å². The van der Waals surface area contributed by atoms with Crippen LogP contribution in [0.2, 0.25) is 0 Å². The highest BCUT2D eigenvalue weighted by Crippen LogP contribution is 2.31. The first-order valence-electron chi connectivity index (χ1n) is 13.2. The van der Waals surface area contributed by atoms with Gasteiger partial charge in [-0.15, -0.1) is 10.2 Å². The van der Waals surface area contributed by atoms with Crippen molar-refractivity contribution >= 4 is 37.9 Å². The van der Waals surface area contributed by atoms with Crippen molar-refractivity contribution in [1.29, 1.82) is 0 Å². The van der Waals surface area contributed by atoms with Crippen molar-refractivity contribution in [2.75, 3.05) is 23.9 Å². The Morgan fingerprint density at radius 1 is 0.976 bits per heavy atom. The van der Waals surface area contributed by atoms with Gasteiger partial charge in [0.1, 0.15) is 40.4 Å². The van der Waals surface area contributed by atoms with Crippen LogP contribution in [-0.4, -0.2) is 61.1 Å². The standard InChI is InChI=1S/C29H29N9O3S/c1-19-12-21(5-9-26(19)41-28-14-27-36-34-18-38(27)17-33-28)35-29-23-13-20(4-7-24(23)31-16-32-29)25-8-6-22(37(25)2)15-30-10-11-42(3,39)40/h4-9,12-14,16-18,30H,10-11,15H2,1-3H3,(H,31,32,35). The van der Waals surface area contributed by atoms with Crippen LogP contribution in [-0.2, 0) is 23.4 Å². The van der Waals surface area contributed by atoms with Gasteiger partial charge in [0.25, 0.3) is 0 Å². The van der Waals surface area contributed by atoms with Crippen LogP contribution in [0.5, 0.6) is 11.6 Å². The van der Waals surface area contributed by atoms with Crippen molar-refractivity contribution in [2.24, 2.45) is 7.05 Å². The lowest BCUT2D eigenvalue weighted by atomic mass is 10.1. The van der Waals surface area contributed by atoms with E-state index in [4.69, 9.17) is 4.74 Å². The Bertz CT molecular complexity index is 2020. The Kier molecular flexibility index (Phi) is 7.27. The molecule has 4 aromatic heterocycles. The highest BCUT2D eigenvalue weighted by Gasteiger charge is 2.12. The molecule has 42 heavy (non-hydrogen) atoms. The number of nitrogens with zero attached hydrogens (tertiary/aromatic N) is 7. The van der Waals surface area contributed by atoms with Crippen molar-refractivity contribution < 1.29 is 13.2 Å². The molecule has 0 unspecified atom stereocenters. The summed E-state index contributed by atoms with van der Waals surface area (Å²) in [6, 6.07) is 17.7. The molecule has 0 bridgehead atoms. The number of rotatable bonds is 10. The number of sulfone groups is 1. The smallest absolute Gasteiger partial charge is 0.224 e. The van der Waals surface area contributed by atoms with Crippen LogP contribution in [0, 0.1) is 6.92 Å². The molecular weight excluding hydrogens is 554 g/mol. The van der Waals surface area contributed by atoms with Gasteiger partial charge in [0, 0.05) is 54.9 Å². The highest BCUT2D eigenvalue weighted by molar-refractivity contribution is 7.90.